The van der Waals surface area contributed by atoms with E-state index in [1.807, 2.05) is 27.7 Å². The lowest BCUT2D eigenvalue weighted by atomic mass is 9.62. The molecule has 82 valence electrons. The van der Waals surface area contributed by atoms with Crippen molar-refractivity contribution in [2.75, 3.05) is 0 Å². The van der Waals surface area contributed by atoms with Gasteiger partial charge < -0.3 is 0 Å². The third-order valence-electron chi connectivity index (χ3n) is 2.54. The minimum Gasteiger partial charge on any atom is -0.0683 e. The maximum Gasteiger partial charge on any atom is -0.0321 e. The molecule has 0 heteroatoms. The van der Waals surface area contributed by atoms with Crippen molar-refractivity contribution in [2.45, 2.75) is 74.1 Å². The molecule has 0 aliphatic heterocycles. The Labute approximate surface area is 86.1 Å². The van der Waals surface area contributed by atoms with Crippen LogP contribution in [0.5, 0.6) is 0 Å². The van der Waals surface area contributed by atoms with Gasteiger partial charge in [-0.2, -0.15) is 0 Å². The van der Waals surface area contributed by atoms with Crippen molar-refractivity contribution >= 4 is 0 Å². The zero-order chi connectivity index (χ0) is 10.9. The summed E-state index contributed by atoms with van der Waals surface area (Å²) in [6.07, 6.45) is 5.75. The molecule has 0 atom stereocenters. The smallest absolute Gasteiger partial charge is 0.0321 e. The SMILES string of the molecule is CC.CC.CCCC1(C)CC(C)C1. The molecule has 0 aromatic heterocycles. The van der Waals surface area contributed by atoms with Gasteiger partial charge >= 0.3 is 0 Å². The maximum atomic E-state index is 2.43. The Morgan fingerprint density at radius 3 is 1.69 bits per heavy atom. The summed E-state index contributed by atoms with van der Waals surface area (Å²) in [7, 11) is 0. The van der Waals surface area contributed by atoms with Gasteiger partial charge in [0.15, 0.2) is 0 Å². The first-order valence-corrected chi connectivity index (χ1v) is 6.16. The molecule has 1 saturated carbocycles. The zero-order valence-electron chi connectivity index (χ0n) is 10.9. The van der Waals surface area contributed by atoms with Gasteiger partial charge in [0.1, 0.15) is 0 Å². The predicted octanol–water partition coefficient (Wildman–Crippen LogP) is 5.28. The van der Waals surface area contributed by atoms with Crippen LogP contribution in [0, 0.1) is 11.3 Å². The Morgan fingerprint density at radius 2 is 1.46 bits per heavy atom. The monoisotopic (exact) mass is 186 g/mol. The van der Waals surface area contributed by atoms with Crippen molar-refractivity contribution in [3.05, 3.63) is 0 Å². The second-order valence-corrected chi connectivity index (χ2v) is 4.07. The van der Waals surface area contributed by atoms with Gasteiger partial charge in [-0.1, -0.05) is 54.9 Å². The van der Waals surface area contributed by atoms with Crippen LogP contribution in [0.2, 0.25) is 0 Å². The van der Waals surface area contributed by atoms with Gasteiger partial charge in [-0.25, -0.2) is 0 Å². The lowest BCUT2D eigenvalue weighted by Gasteiger charge is -2.44. The molecule has 1 aliphatic rings. The highest BCUT2D eigenvalue weighted by atomic mass is 14.4. The van der Waals surface area contributed by atoms with Crippen LogP contribution in [0.4, 0.5) is 0 Å². The van der Waals surface area contributed by atoms with Crippen LogP contribution in [0.25, 0.3) is 0 Å². The van der Waals surface area contributed by atoms with Gasteiger partial charge in [0, 0.05) is 0 Å². The van der Waals surface area contributed by atoms with Gasteiger partial charge in [-0.3, -0.25) is 0 Å². The van der Waals surface area contributed by atoms with Gasteiger partial charge in [-0.15, -0.1) is 0 Å². The third-order valence-corrected chi connectivity index (χ3v) is 2.54. The number of hydrogen-bond acceptors (Lipinski definition) is 0. The van der Waals surface area contributed by atoms with E-state index in [2.05, 4.69) is 20.8 Å². The molecule has 13 heavy (non-hydrogen) atoms. The van der Waals surface area contributed by atoms with Gasteiger partial charge in [0.25, 0.3) is 0 Å². The molecule has 1 fully saturated rings. The first-order valence-electron chi connectivity index (χ1n) is 6.16. The highest BCUT2D eigenvalue weighted by molar-refractivity contribution is 4.87. The summed E-state index contributed by atoms with van der Waals surface area (Å²) < 4.78 is 0. The van der Waals surface area contributed by atoms with Gasteiger partial charge in [0.05, 0.1) is 0 Å². The van der Waals surface area contributed by atoms with Crippen LogP contribution in [-0.2, 0) is 0 Å². The van der Waals surface area contributed by atoms with E-state index in [1.165, 1.54) is 25.7 Å². The van der Waals surface area contributed by atoms with Crippen LogP contribution in [0.15, 0.2) is 0 Å². The fraction of sp³-hybridized carbons (Fsp3) is 1.00. The summed E-state index contributed by atoms with van der Waals surface area (Å²) in [5.41, 5.74) is 0.744. The van der Waals surface area contributed by atoms with E-state index in [9.17, 15) is 0 Å². The van der Waals surface area contributed by atoms with Crippen molar-refractivity contribution in [2.24, 2.45) is 11.3 Å². The van der Waals surface area contributed by atoms with Crippen molar-refractivity contribution in [1.82, 2.24) is 0 Å². The minimum atomic E-state index is 0.744. The van der Waals surface area contributed by atoms with E-state index in [0.29, 0.717) is 0 Å². The van der Waals surface area contributed by atoms with Crippen molar-refractivity contribution < 1.29 is 0 Å². The summed E-state index contributed by atoms with van der Waals surface area (Å²) in [6, 6.07) is 0. The molecule has 1 aliphatic carbocycles. The van der Waals surface area contributed by atoms with E-state index >= 15 is 0 Å². The zero-order valence-corrected chi connectivity index (χ0v) is 10.9. The first-order chi connectivity index (χ1) is 6.16. The Bertz CT molecular complexity index is 82.7. The van der Waals surface area contributed by atoms with E-state index in [0.717, 1.165) is 11.3 Å². The average Bonchev–Trinajstić information content (AvgIpc) is 2.10. The molecule has 0 nitrogen and oxygen atoms in total. The molecule has 0 aromatic rings. The van der Waals surface area contributed by atoms with Crippen LogP contribution in [-0.4, -0.2) is 0 Å². The van der Waals surface area contributed by atoms with Crippen LogP contribution in [0.3, 0.4) is 0 Å². The Balaban J connectivity index is 0. The van der Waals surface area contributed by atoms with Crippen LogP contribution >= 0.6 is 0 Å². The lowest BCUT2D eigenvalue weighted by molar-refractivity contribution is 0.0767. The molecule has 0 bridgehead atoms. The van der Waals surface area contributed by atoms with Crippen molar-refractivity contribution in [3.8, 4) is 0 Å². The molecule has 0 heterocycles. The van der Waals surface area contributed by atoms with Crippen LogP contribution in [0.1, 0.15) is 74.1 Å². The molecule has 1 rings (SSSR count). The number of rotatable bonds is 2. The van der Waals surface area contributed by atoms with Gasteiger partial charge in [0.2, 0.25) is 0 Å². The summed E-state index contributed by atoms with van der Waals surface area (Å²) in [5.74, 6) is 1.02. The Kier molecular flexibility index (Phi) is 10.2. The van der Waals surface area contributed by atoms with Gasteiger partial charge in [-0.05, 0) is 30.6 Å². The first kappa shape index (κ1) is 15.5. The molecular weight excluding hydrogens is 156 g/mol. The molecular formula is C13H30. The van der Waals surface area contributed by atoms with Crippen molar-refractivity contribution in [1.29, 1.82) is 0 Å². The largest absolute Gasteiger partial charge is 0.0683 e. The normalized spacial score (nSPS) is 30.2. The fourth-order valence-electron chi connectivity index (χ4n) is 2.43. The van der Waals surface area contributed by atoms with E-state index in [4.69, 9.17) is 0 Å². The van der Waals surface area contributed by atoms with Crippen LogP contribution < -0.4 is 0 Å². The molecule has 0 unspecified atom stereocenters. The summed E-state index contributed by atoms with van der Waals surface area (Å²) in [4.78, 5) is 0. The van der Waals surface area contributed by atoms with E-state index < -0.39 is 0 Å². The standard InChI is InChI=1S/C9H18.2C2H6/c1-4-5-9(3)6-8(2)7-9;2*1-2/h8H,4-7H2,1-3H3;2*1-2H3. The summed E-state index contributed by atoms with van der Waals surface area (Å²) in [6.45, 7) is 15.1. The third kappa shape index (κ3) is 6.12. The average molecular weight is 186 g/mol. The molecule has 0 amide bonds. The molecule has 0 aromatic carbocycles. The summed E-state index contributed by atoms with van der Waals surface area (Å²) >= 11 is 0. The highest BCUT2D eigenvalue weighted by Crippen LogP contribution is 2.47. The van der Waals surface area contributed by atoms with E-state index in [1.54, 1.807) is 0 Å². The second-order valence-electron chi connectivity index (χ2n) is 4.07. The fourth-order valence-corrected chi connectivity index (χ4v) is 2.43. The minimum absolute atomic E-state index is 0.744. The second kappa shape index (κ2) is 8.59. The molecule has 0 N–H and O–H groups in total. The molecule has 0 radical (unpaired) electrons. The topological polar surface area (TPSA) is 0 Å². The Hall–Kier alpha value is 0. The molecule has 0 saturated heterocycles. The number of hydrogen-bond donors (Lipinski definition) is 0. The lowest BCUT2D eigenvalue weighted by Crippen LogP contribution is -2.32. The van der Waals surface area contributed by atoms with Crippen molar-refractivity contribution in [3.63, 3.8) is 0 Å². The Morgan fingerprint density at radius 1 is 1.08 bits per heavy atom. The quantitative estimate of drug-likeness (QED) is 0.551. The predicted molar refractivity (Wildman–Crippen MR) is 64.1 cm³/mol. The summed E-state index contributed by atoms with van der Waals surface area (Å²) in [5, 5.41) is 0. The highest BCUT2D eigenvalue weighted by Gasteiger charge is 2.36. The molecule has 0 spiro atoms. The maximum absolute atomic E-state index is 2.43. The van der Waals surface area contributed by atoms with E-state index in [-0.39, 0.29) is 0 Å².